The molecule has 130 valence electrons. The standard InChI is InChI=1S/C22H42/c1-2-3-4-5-6-7-8-9-10-11-12-13-14-16-19-22-20-17-15-18-21-22/h17,20,22H,2-16,18-19,21H2,1H3. The van der Waals surface area contributed by atoms with Crippen molar-refractivity contribution in [3.8, 4) is 0 Å². The minimum absolute atomic E-state index is 0.922. The van der Waals surface area contributed by atoms with Crippen LogP contribution in [0.15, 0.2) is 12.2 Å². The summed E-state index contributed by atoms with van der Waals surface area (Å²) in [7, 11) is 0. The van der Waals surface area contributed by atoms with Crippen LogP contribution >= 0.6 is 0 Å². The molecule has 22 heavy (non-hydrogen) atoms. The summed E-state index contributed by atoms with van der Waals surface area (Å²) in [6.07, 6.45) is 31.1. The number of rotatable bonds is 15. The Morgan fingerprint density at radius 1 is 0.682 bits per heavy atom. The molecule has 0 bridgehead atoms. The van der Waals surface area contributed by atoms with E-state index in [4.69, 9.17) is 0 Å². The normalized spacial score (nSPS) is 18.0. The Balaban J connectivity index is 1.69. The molecule has 0 heteroatoms. The molecule has 1 aliphatic carbocycles. The molecule has 0 nitrogen and oxygen atoms in total. The minimum atomic E-state index is 0.922. The lowest BCUT2D eigenvalue weighted by Crippen LogP contribution is -2.00. The third kappa shape index (κ3) is 12.3. The summed E-state index contributed by atoms with van der Waals surface area (Å²) in [6, 6.07) is 0. The molecule has 1 rings (SSSR count). The van der Waals surface area contributed by atoms with Crippen molar-refractivity contribution < 1.29 is 0 Å². The first kappa shape index (κ1) is 19.8. The molecule has 0 saturated heterocycles. The molecular formula is C22H42. The summed E-state index contributed by atoms with van der Waals surface area (Å²) in [5, 5.41) is 0. The number of unbranched alkanes of at least 4 members (excludes halogenated alkanes) is 13. The molecule has 0 spiro atoms. The number of allylic oxidation sites excluding steroid dienone is 2. The van der Waals surface area contributed by atoms with Crippen molar-refractivity contribution in [2.75, 3.05) is 0 Å². The van der Waals surface area contributed by atoms with Crippen molar-refractivity contribution in [2.24, 2.45) is 5.92 Å². The fourth-order valence-corrected chi connectivity index (χ4v) is 3.72. The maximum atomic E-state index is 2.48. The maximum absolute atomic E-state index is 2.48. The molecule has 1 atom stereocenters. The molecule has 0 aromatic heterocycles. The molecule has 0 heterocycles. The van der Waals surface area contributed by atoms with Gasteiger partial charge in [0, 0.05) is 0 Å². The first-order chi connectivity index (χ1) is 10.9. The fraction of sp³-hybridized carbons (Fsp3) is 0.909. The van der Waals surface area contributed by atoms with Crippen molar-refractivity contribution >= 4 is 0 Å². The van der Waals surface area contributed by atoms with Crippen molar-refractivity contribution in [2.45, 2.75) is 122 Å². The highest BCUT2D eigenvalue weighted by Gasteiger charge is 2.07. The molecule has 0 aliphatic heterocycles. The molecule has 0 radical (unpaired) electrons. The molecule has 0 aromatic carbocycles. The van der Waals surface area contributed by atoms with Crippen LogP contribution in [-0.2, 0) is 0 Å². The van der Waals surface area contributed by atoms with E-state index in [1.165, 1.54) is 116 Å². The van der Waals surface area contributed by atoms with E-state index in [0.29, 0.717) is 0 Å². The third-order valence-corrected chi connectivity index (χ3v) is 5.28. The summed E-state index contributed by atoms with van der Waals surface area (Å²) in [5.41, 5.74) is 0. The maximum Gasteiger partial charge on any atom is -0.0233 e. The Labute approximate surface area is 141 Å². The van der Waals surface area contributed by atoms with E-state index in [1.807, 2.05) is 0 Å². The van der Waals surface area contributed by atoms with E-state index in [1.54, 1.807) is 0 Å². The summed E-state index contributed by atoms with van der Waals surface area (Å²) < 4.78 is 0. The molecule has 1 aliphatic rings. The van der Waals surface area contributed by atoms with E-state index in [9.17, 15) is 0 Å². The highest BCUT2D eigenvalue weighted by Crippen LogP contribution is 2.23. The average molecular weight is 307 g/mol. The van der Waals surface area contributed by atoms with Crippen LogP contribution in [0.5, 0.6) is 0 Å². The van der Waals surface area contributed by atoms with Gasteiger partial charge in [0.2, 0.25) is 0 Å². The van der Waals surface area contributed by atoms with Gasteiger partial charge in [-0.15, -0.1) is 0 Å². The van der Waals surface area contributed by atoms with Gasteiger partial charge in [0.15, 0.2) is 0 Å². The van der Waals surface area contributed by atoms with Gasteiger partial charge in [-0.1, -0.05) is 109 Å². The molecule has 0 fully saturated rings. The van der Waals surface area contributed by atoms with Gasteiger partial charge in [-0.25, -0.2) is 0 Å². The lowest BCUT2D eigenvalue weighted by atomic mass is 9.91. The van der Waals surface area contributed by atoms with Gasteiger partial charge in [-0.05, 0) is 31.6 Å². The third-order valence-electron chi connectivity index (χ3n) is 5.28. The SMILES string of the molecule is CCCCCCCCCCCCCCCCC1C=CCCC1. The van der Waals surface area contributed by atoms with Crippen molar-refractivity contribution in [3.63, 3.8) is 0 Å². The Hall–Kier alpha value is -0.260. The van der Waals surface area contributed by atoms with E-state index < -0.39 is 0 Å². The minimum Gasteiger partial charge on any atom is -0.0883 e. The lowest BCUT2D eigenvalue weighted by Gasteiger charge is -2.15. The Kier molecular flexibility index (Phi) is 14.1. The van der Waals surface area contributed by atoms with Gasteiger partial charge in [-0.3, -0.25) is 0 Å². The van der Waals surface area contributed by atoms with Crippen LogP contribution in [0.25, 0.3) is 0 Å². The van der Waals surface area contributed by atoms with Gasteiger partial charge < -0.3 is 0 Å². The van der Waals surface area contributed by atoms with Crippen molar-refractivity contribution in [1.29, 1.82) is 0 Å². The molecule has 0 N–H and O–H groups in total. The monoisotopic (exact) mass is 306 g/mol. The zero-order valence-electron chi connectivity index (χ0n) is 15.5. The average Bonchev–Trinajstić information content (AvgIpc) is 2.56. The molecule has 0 aromatic rings. The van der Waals surface area contributed by atoms with Crippen LogP contribution in [-0.4, -0.2) is 0 Å². The summed E-state index contributed by atoms with van der Waals surface area (Å²) in [4.78, 5) is 0. The quantitative estimate of drug-likeness (QED) is 0.211. The summed E-state index contributed by atoms with van der Waals surface area (Å²) >= 11 is 0. The second kappa shape index (κ2) is 15.6. The van der Waals surface area contributed by atoms with E-state index >= 15 is 0 Å². The lowest BCUT2D eigenvalue weighted by molar-refractivity contribution is 0.466. The van der Waals surface area contributed by atoms with Gasteiger partial charge in [-0.2, -0.15) is 0 Å². The van der Waals surface area contributed by atoms with Crippen LogP contribution in [0.3, 0.4) is 0 Å². The fourth-order valence-electron chi connectivity index (χ4n) is 3.72. The Morgan fingerprint density at radius 3 is 1.64 bits per heavy atom. The van der Waals surface area contributed by atoms with Gasteiger partial charge in [0.1, 0.15) is 0 Å². The molecule has 1 unspecified atom stereocenters. The van der Waals surface area contributed by atoms with Crippen LogP contribution in [0.2, 0.25) is 0 Å². The number of hydrogen-bond donors (Lipinski definition) is 0. The highest BCUT2D eigenvalue weighted by atomic mass is 14.1. The zero-order chi connectivity index (χ0) is 15.7. The van der Waals surface area contributed by atoms with E-state index in [0.717, 1.165) is 5.92 Å². The largest absolute Gasteiger partial charge is 0.0883 e. The van der Waals surface area contributed by atoms with Crippen molar-refractivity contribution in [1.82, 2.24) is 0 Å². The first-order valence-electron chi connectivity index (χ1n) is 10.6. The molecule has 0 amide bonds. The second-order valence-corrected chi connectivity index (χ2v) is 7.50. The second-order valence-electron chi connectivity index (χ2n) is 7.50. The summed E-state index contributed by atoms with van der Waals surface area (Å²) in [5.74, 6) is 0.922. The highest BCUT2D eigenvalue weighted by molar-refractivity contribution is 4.92. The van der Waals surface area contributed by atoms with Gasteiger partial charge in [0.05, 0.1) is 0 Å². The molecule has 0 saturated carbocycles. The predicted molar refractivity (Wildman–Crippen MR) is 101 cm³/mol. The predicted octanol–water partition coefficient (Wildman–Crippen LogP) is 8.21. The Bertz CT molecular complexity index is 240. The summed E-state index contributed by atoms with van der Waals surface area (Å²) in [6.45, 7) is 2.30. The molecular weight excluding hydrogens is 264 g/mol. The first-order valence-corrected chi connectivity index (χ1v) is 10.6. The van der Waals surface area contributed by atoms with Crippen molar-refractivity contribution in [3.05, 3.63) is 12.2 Å². The van der Waals surface area contributed by atoms with Gasteiger partial charge in [0.25, 0.3) is 0 Å². The Morgan fingerprint density at radius 2 is 1.18 bits per heavy atom. The topological polar surface area (TPSA) is 0 Å². The smallest absolute Gasteiger partial charge is 0.0233 e. The van der Waals surface area contributed by atoms with Crippen LogP contribution in [0, 0.1) is 5.92 Å². The number of hydrogen-bond acceptors (Lipinski definition) is 0. The zero-order valence-corrected chi connectivity index (χ0v) is 15.5. The van der Waals surface area contributed by atoms with Crippen LogP contribution in [0.4, 0.5) is 0 Å². The van der Waals surface area contributed by atoms with E-state index in [-0.39, 0.29) is 0 Å². The van der Waals surface area contributed by atoms with Crippen LogP contribution in [0.1, 0.15) is 122 Å². The van der Waals surface area contributed by atoms with E-state index in [2.05, 4.69) is 19.1 Å². The van der Waals surface area contributed by atoms with Gasteiger partial charge >= 0.3 is 0 Å². The van der Waals surface area contributed by atoms with Crippen LogP contribution < -0.4 is 0 Å².